The number of Topliss-reactive ketones (excluding diaryl/α,β-unsaturated/α-hetero) is 1. The first-order chi connectivity index (χ1) is 6.84. The zero-order valence-electron chi connectivity index (χ0n) is 7.71. The van der Waals surface area contributed by atoms with E-state index in [-0.39, 0.29) is 12.4 Å². The molecule has 2 aliphatic heterocycles. The maximum Gasteiger partial charge on any atom is 0.203 e. The predicted molar refractivity (Wildman–Crippen MR) is 50.1 cm³/mol. The number of rotatable bonds is 0. The molecule has 0 aliphatic carbocycles. The number of benzene rings is 1. The van der Waals surface area contributed by atoms with Gasteiger partial charge in [-0.3, -0.25) is 4.79 Å². The van der Waals surface area contributed by atoms with Crippen molar-refractivity contribution in [2.45, 2.75) is 12.8 Å². The van der Waals surface area contributed by atoms with Crippen molar-refractivity contribution >= 4 is 5.78 Å². The molecule has 72 valence electrons. The summed E-state index contributed by atoms with van der Waals surface area (Å²) in [5.41, 5.74) is 1.85. The van der Waals surface area contributed by atoms with Crippen LogP contribution in [-0.2, 0) is 6.42 Å². The highest BCUT2D eigenvalue weighted by molar-refractivity contribution is 6.02. The number of fused-ring (bicyclic) bond motifs is 2. The maximum atomic E-state index is 11.4. The van der Waals surface area contributed by atoms with Crippen molar-refractivity contribution in [1.29, 1.82) is 0 Å². The lowest BCUT2D eigenvalue weighted by molar-refractivity contribution is 0.0961. The lowest BCUT2D eigenvalue weighted by Crippen LogP contribution is -2.08. The third-order valence-electron chi connectivity index (χ3n) is 2.67. The summed E-state index contributed by atoms with van der Waals surface area (Å²) in [5, 5.41) is 0. The lowest BCUT2D eigenvalue weighted by atomic mass is 10.0. The normalized spacial score (nSPS) is 18.1. The standard InChI is InChI=1S/C11H10O3/c12-9-6-14-11-5-10-7(4-8(9)11)2-1-3-13-10/h4-5H,1-3,6H2. The summed E-state index contributed by atoms with van der Waals surface area (Å²) < 4.78 is 10.7. The molecule has 0 saturated carbocycles. The first-order valence-corrected chi connectivity index (χ1v) is 4.80. The number of hydrogen-bond acceptors (Lipinski definition) is 3. The minimum absolute atomic E-state index is 0.0772. The zero-order valence-corrected chi connectivity index (χ0v) is 7.71. The number of ether oxygens (including phenoxy) is 2. The van der Waals surface area contributed by atoms with E-state index in [1.807, 2.05) is 12.1 Å². The Kier molecular flexibility index (Phi) is 1.54. The van der Waals surface area contributed by atoms with Gasteiger partial charge in [0.2, 0.25) is 5.78 Å². The SMILES string of the molecule is O=C1COc2cc3c(cc21)CCCO3. The minimum atomic E-state index is 0.0772. The molecule has 0 unspecified atom stereocenters. The highest BCUT2D eigenvalue weighted by Gasteiger charge is 2.24. The molecule has 0 N–H and O–H groups in total. The number of carbonyl (C=O) groups is 1. The lowest BCUT2D eigenvalue weighted by Gasteiger charge is -2.17. The van der Waals surface area contributed by atoms with E-state index in [4.69, 9.17) is 9.47 Å². The predicted octanol–water partition coefficient (Wildman–Crippen LogP) is 1.59. The number of aryl methyl sites for hydroxylation is 1. The highest BCUT2D eigenvalue weighted by atomic mass is 16.5. The van der Waals surface area contributed by atoms with Crippen LogP contribution in [0.3, 0.4) is 0 Å². The van der Waals surface area contributed by atoms with Gasteiger partial charge in [0.1, 0.15) is 11.5 Å². The van der Waals surface area contributed by atoms with Crippen LogP contribution in [0.25, 0.3) is 0 Å². The summed E-state index contributed by atoms with van der Waals surface area (Å²) in [6, 6.07) is 3.76. The summed E-state index contributed by atoms with van der Waals surface area (Å²) in [4.78, 5) is 11.4. The van der Waals surface area contributed by atoms with E-state index >= 15 is 0 Å². The van der Waals surface area contributed by atoms with Crippen LogP contribution < -0.4 is 9.47 Å². The molecule has 1 aromatic carbocycles. The van der Waals surface area contributed by atoms with E-state index in [2.05, 4.69) is 0 Å². The fourth-order valence-electron chi connectivity index (χ4n) is 1.94. The Balaban J connectivity index is 2.15. The van der Waals surface area contributed by atoms with Crippen LogP contribution in [0.4, 0.5) is 0 Å². The topological polar surface area (TPSA) is 35.5 Å². The van der Waals surface area contributed by atoms with Gasteiger partial charge in [0.05, 0.1) is 12.2 Å². The molecule has 3 nitrogen and oxygen atoms in total. The van der Waals surface area contributed by atoms with Crippen LogP contribution in [-0.4, -0.2) is 19.0 Å². The third kappa shape index (κ3) is 1.02. The molecular weight excluding hydrogens is 180 g/mol. The Hall–Kier alpha value is -1.51. The first-order valence-electron chi connectivity index (χ1n) is 4.80. The van der Waals surface area contributed by atoms with Crippen LogP contribution in [0.5, 0.6) is 11.5 Å². The Morgan fingerprint density at radius 1 is 1.14 bits per heavy atom. The summed E-state index contributed by atoms with van der Waals surface area (Å²) in [5.74, 6) is 1.63. The van der Waals surface area contributed by atoms with Crippen LogP contribution in [0.1, 0.15) is 22.3 Å². The molecular formula is C11H10O3. The fraction of sp³-hybridized carbons (Fsp3) is 0.364. The molecule has 14 heavy (non-hydrogen) atoms. The van der Waals surface area contributed by atoms with Gasteiger partial charge in [-0.15, -0.1) is 0 Å². The first kappa shape index (κ1) is 7.85. The molecule has 0 radical (unpaired) electrons. The minimum Gasteiger partial charge on any atom is -0.493 e. The van der Waals surface area contributed by atoms with Gasteiger partial charge in [0.15, 0.2) is 6.61 Å². The maximum absolute atomic E-state index is 11.4. The Labute approximate surface area is 81.6 Å². The molecule has 3 heteroatoms. The van der Waals surface area contributed by atoms with Gasteiger partial charge < -0.3 is 9.47 Å². The zero-order chi connectivity index (χ0) is 9.54. The largest absolute Gasteiger partial charge is 0.493 e. The molecule has 0 atom stereocenters. The Morgan fingerprint density at radius 3 is 3.00 bits per heavy atom. The second kappa shape index (κ2) is 2.74. The van der Waals surface area contributed by atoms with E-state index in [0.29, 0.717) is 11.3 Å². The van der Waals surface area contributed by atoms with Gasteiger partial charge in [0.25, 0.3) is 0 Å². The molecule has 0 aromatic heterocycles. The summed E-state index contributed by atoms with van der Waals surface area (Å²) in [7, 11) is 0. The van der Waals surface area contributed by atoms with Crippen LogP contribution >= 0.6 is 0 Å². The van der Waals surface area contributed by atoms with Crippen molar-refractivity contribution in [3.63, 3.8) is 0 Å². The molecule has 0 spiro atoms. The Morgan fingerprint density at radius 2 is 2.07 bits per heavy atom. The van der Waals surface area contributed by atoms with Gasteiger partial charge in [-0.2, -0.15) is 0 Å². The second-order valence-corrected chi connectivity index (χ2v) is 3.62. The van der Waals surface area contributed by atoms with Gasteiger partial charge in [-0.1, -0.05) is 0 Å². The smallest absolute Gasteiger partial charge is 0.203 e. The van der Waals surface area contributed by atoms with Crippen molar-refractivity contribution in [2.24, 2.45) is 0 Å². The van der Waals surface area contributed by atoms with Gasteiger partial charge in [-0.05, 0) is 24.5 Å². The summed E-state index contributed by atoms with van der Waals surface area (Å²) in [6.45, 7) is 0.942. The molecule has 0 saturated heterocycles. The van der Waals surface area contributed by atoms with Crippen molar-refractivity contribution in [1.82, 2.24) is 0 Å². The fourth-order valence-corrected chi connectivity index (χ4v) is 1.94. The number of hydrogen-bond donors (Lipinski definition) is 0. The molecule has 0 amide bonds. The van der Waals surface area contributed by atoms with Gasteiger partial charge in [0, 0.05) is 6.07 Å². The molecule has 0 bridgehead atoms. The van der Waals surface area contributed by atoms with Crippen LogP contribution in [0.2, 0.25) is 0 Å². The number of ketones is 1. The third-order valence-corrected chi connectivity index (χ3v) is 2.67. The van der Waals surface area contributed by atoms with Crippen molar-refractivity contribution < 1.29 is 14.3 Å². The highest BCUT2D eigenvalue weighted by Crippen LogP contribution is 2.35. The van der Waals surface area contributed by atoms with E-state index < -0.39 is 0 Å². The van der Waals surface area contributed by atoms with Crippen molar-refractivity contribution in [2.75, 3.05) is 13.2 Å². The van der Waals surface area contributed by atoms with Crippen molar-refractivity contribution in [3.05, 3.63) is 23.3 Å². The van der Waals surface area contributed by atoms with E-state index in [1.54, 1.807) is 0 Å². The molecule has 2 heterocycles. The van der Waals surface area contributed by atoms with Gasteiger partial charge in [-0.25, -0.2) is 0 Å². The quantitative estimate of drug-likeness (QED) is 0.623. The molecule has 2 aliphatic rings. The second-order valence-electron chi connectivity index (χ2n) is 3.62. The summed E-state index contributed by atoms with van der Waals surface area (Å²) in [6.07, 6.45) is 2.02. The summed E-state index contributed by atoms with van der Waals surface area (Å²) >= 11 is 0. The van der Waals surface area contributed by atoms with Crippen LogP contribution in [0, 0.1) is 0 Å². The van der Waals surface area contributed by atoms with E-state index in [1.165, 1.54) is 0 Å². The van der Waals surface area contributed by atoms with Crippen molar-refractivity contribution in [3.8, 4) is 11.5 Å². The average Bonchev–Trinajstić information content (AvgIpc) is 2.57. The van der Waals surface area contributed by atoms with E-state index in [9.17, 15) is 4.79 Å². The number of carbonyl (C=O) groups excluding carboxylic acids is 1. The monoisotopic (exact) mass is 190 g/mol. The average molecular weight is 190 g/mol. The van der Waals surface area contributed by atoms with Crippen LogP contribution in [0.15, 0.2) is 12.1 Å². The Bertz CT molecular complexity index is 409. The molecule has 3 rings (SSSR count). The molecule has 1 aromatic rings. The van der Waals surface area contributed by atoms with E-state index in [0.717, 1.165) is 30.8 Å². The molecule has 0 fully saturated rings. The van der Waals surface area contributed by atoms with Gasteiger partial charge >= 0.3 is 0 Å².